The SMILES string of the molecule is CCc1nc2cc(F)c(/C=C/C(=O)NO)cc2c(=O)n1-c1c(C)cc(F)cc1C. The zero-order chi connectivity index (χ0) is 21.3. The van der Waals surface area contributed by atoms with Gasteiger partial charge in [0.05, 0.1) is 16.6 Å². The Bertz CT molecular complexity index is 1190. The van der Waals surface area contributed by atoms with Crippen LogP contribution in [0.3, 0.4) is 0 Å². The molecule has 6 nitrogen and oxygen atoms in total. The first-order valence-electron chi connectivity index (χ1n) is 8.91. The van der Waals surface area contributed by atoms with Gasteiger partial charge in [-0.15, -0.1) is 0 Å². The third-order valence-corrected chi connectivity index (χ3v) is 4.58. The Morgan fingerprint density at radius 1 is 1.21 bits per heavy atom. The standard InChI is InChI=1S/C21H19F2N3O3/c1-4-18-24-17-10-16(23)13(5-6-19(27)25-29)9-15(17)21(28)26(18)20-11(2)7-14(22)8-12(20)3/h5-10,29H,4H2,1-3H3,(H,25,27)/b6-5+. The van der Waals surface area contributed by atoms with E-state index in [0.717, 1.165) is 18.2 Å². The molecule has 3 rings (SSSR count). The van der Waals surface area contributed by atoms with Crippen LogP contribution in [0.2, 0.25) is 0 Å². The molecule has 0 spiro atoms. The van der Waals surface area contributed by atoms with Crippen LogP contribution in [0.1, 0.15) is 29.4 Å². The number of halogens is 2. The Kier molecular flexibility index (Phi) is 5.56. The van der Waals surface area contributed by atoms with E-state index in [2.05, 4.69) is 4.98 Å². The molecule has 0 aliphatic carbocycles. The Morgan fingerprint density at radius 2 is 1.86 bits per heavy atom. The lowest BCUT2D eigenvalue weighted by molar-refractivity contribution is -0.124. The highest BCUT2D eigenvalue weighted by Crippen LogP contribution is 2.23. The van der Waals surface area contributed by atoms with E-state index in [9.17, 15) is 18.4 Å². The molecule has 0 fully saturated rings. The molecule has 0 atom stereocenters. The molecule has 0 aliphatic heterocycles. The van der Waals surface area contributed by atoms with E-state index in [1.54, 1.807) is 13.8 Å². The van der Waals surface area contributed by atoms with Crippen molar-refractivity contribution < 1.29 is 18.8 Å². The van der Waals surface area contributed by atoms with Crippen LogP contribution in [0.5, 0.6) is 0 Å². The summed E-state index contributed by atoms with van der Waals surface area (Å²) in [5.41, 5.74) is 2.83. The van der Waals surface area contributed by atoms with Crippen LogP contribution in [0.15, 0.2) is 35.1 Å². The van der Waals surface area contributed by atoms with Crippen LogP contribution in [-0.4, -0.2) is 20.7 Å². The van der Waals surface area contributed by atoms with E-state index < -0.39 is 23.1 Å². The smallest absolute Gasteiger partial charge is 0.267 e. The van der Waals surface area contributed by atoms with Crippen molar-refractivity contribution in [2.45, 2.75) is 27.2 Å². The van der Waals surface area contributed by atoms with Crippen LogP contribution in [0.4, 0.5) is 8.78 Å². The number of aromatic nitrogens is 2. The number of amides is 1. The molecule has 0 unspecified atom stereocenters. The minimum atomic E-state index is -0.834. The van der Waals surface area contributed by atoms with Crippen LogP contribution in [0, 0.1) is 25.5 Å². The zero-order valence-corrected chi connectivity index (χ0v) is 16.1. The Morgan fingerprint density at radius 3 is 2.45 bits per heavy atom. The van der Waals surface area contributed by atoms with Gasteiger partial charge in [-0.3, -0.25) is 19.4 Å². The molecule has 29 heavy (non-hydrogen) atoms. The highest BCUT2D eigenvalue weighted by molar-refractivity contribution is 5.91. The van der Waals surface area contributed by atoms with Gasteiger partial charge >= 0.3 is 0 Å². The predicted octanol–water partition coefficient (Wildman–Crippen LogP) is 3.36. The van der Waals surface area contributed by atoms with Crippen molar-refractivity contribution in [2.75, 3.05) is 0 Å². The van der Waals surface area contributed by atoms with Crippen molar-refractivity contribution in [1.82, 2.24) is 15.0 Å². The van der Waals surface area contributed by atoms with E-state index >= 15 is 0 Å². The summed E-state index contributed by atoms with van der Waals surface area (Å²) in [6.45, 7) is 5.22. The topological polar surface area (TPSA) is 84.2 Å². The second-order valence-electron chi connectivity index (χ2n) is 6.61. The third kappa shape index (κ3) is 3.79. The van der Waals surface area contributed by atoms with Crippen molar-refractivity contribution in [1.29, 1.82) is 0 Å². The van der Waals surface area contributed by atoms with Gasteiger partial charge in [0, 0.05) is 24.1 Å². The van der Waals surface area contributed by atoms with Gasteiger partial charge in [0.15, 0.2) is 0 Å². The number of hydroxylamine groups is 1. The summed E-state index contributed by atoms with van der Waals surface area (Å²) in [6.07, 6.45) is 2.48. The van der Waals surface area contributed by atoms with Gasteiger partial charge in [0.1, 0.15) is 17.5 Å². The van der Waals surface area contributed by atoms with E-state index in [4.69, 9.17) is 5.21 Å². The van der Waals surface area contributed by atoms with E-state index in [-0.39, 0.29) is 16.5 Å². The Hall–Kier alpha value is -3.39. The molecule has 8 heteroatoms. The number of carbonyl (C=O) groups is 1. The van der Waals surface area contributed by atoms with Gasteiger partial charge in [0.25, 0.3) is 11.5 Å². The lowest BCUT2D eigenvalue weighted by atomic mass is 10.1. The van der Waals surface area contributed by atoms with E-state index in [1.165, 1.54) is 28.2 Å². The first-order valence-corrected chi connectivity index (χ1v) is 8.91. The van der Waals surface area contributed by atoms with Gasteiger partial charge in [-0.1, -0.05) is 6.92 Å². The number of hydrogen-bond donors (Lipinski definition) is 2. The van der Waals surface area contributed by atoms with Gasteiger partial charge in [-0.05, 0) is 49.2 Å². The first-order chi connectivity index (χ1) is 13.8. The number of aryl methyl sites for hydroxylation is 3. The fourth-order valence-electron chi connectivity index (χ4n) is 3.32. The van der Waals surface area contributed by atoms with E-state index in [1.807, 2.05) is 6.92 Å². The molecule has 1 heterocycles. The zero-order valence-electron chi connectivity index (χ0n) is 16.1. The number of benzene rings is 2. The molecule has 2 N–H and O–H groups in total. The second kappa shape index (κ2) is 7.92. The Balaban J connectivity index is 2.34. The monoisotopic (exact) mass is 399 g/mol. The van der Waals surface area contributed by atoms with Crippen molar-refractivity contribution in [2.24, 2.45) is 0 Å². The molecule has 3 aromatic rings. The van der Waals surface area contributed by atoms with Gasteiger partial charge in [-0.25, -0.2) is 19.2 Å². The first kappa shape index (κ1) is 20.3. The summed E-state index contributed by atoms with van der Waals surface area (Å²) in [5.74, 6) is -1.48. The molecule has 0 radical (unpaired) electrons. The minimum absolute atomic E-state index is 0.0108. The number of hydrogen-bond acceptors (Lipinski definition) is 4. The minimum Gasteiger partial charge on any atom is -0.288 e. The van der Waals surface area contributed by atoms with E-state index in [0.29, 0.717) is 29.1 Å². The number of carbonyl (C=O) groups excluding carboxylic acids is 1. The van der Waals surface area contributed by atoms with Crippen molar-refractivity contribution >= 4 is 22.9 Å². The third-order valence-electron chi connectivity index (χ3n) is 4.58. The molecular formula is C21H19F2N3O3. The van der Waals surface area contributed by atoms with Gasteiger partial charge < -0.3 is 0 Å². The predicted molar refractivity (Wildman–Crippen MR) is 105 cm³/mol. The molecule has 0 aliphatic rings. The largest absolute Gasteiger partial charge is 0.288 e. The number of fused-ring (bicyclic) bond motifs is 1. The average Bonchev–Trinajstić information content (AvgIpc) is 2.67. The second-order valence-corrected chi connectivity index (χ2v) is 6.61. The van der Waals surface area contributed by atoms with Gasteiger partial charge in [-0.2, -0.15) is 0 Å². The van der Waals surface area contributed by atoms with Crippen LogP contribution in [-0.2, 0) is 11.2 Å². The van der Waals surface area contributed by atoms with Crippen LogP contribution >= 0.6 is 0 Å². The van der Waals surface area contributed by atoms with Crippen LogP contribution < -0.4 is 11.0 Å². The van der Waals surface area contributed by atoms with Crippen molar-refractivity contribution in [3.63, 3.8) is 0 Å². The maximum atomic E-state index is 14.4. The maximum Gasteiger partial charge on any atom is 0.267 e. The fourth-order valence-corrected chi connectivity index (χ4v) is 3.32. The summed E-state index contributed by atoms with van der Waals surface area (Å²) >= 11 is 0. The molecule has 150 valence electrons. The number of nitrogens with zero attached hydrogens (tertiary/aromatic N) is 2. The molecule has 0 saturated carbocycles. The van der Waals surface area contributed by atoms with Gasteiger partial charge in [0.2, 0.25) is 0 Å². The van der Waals surface area contributed by atoms with Crippen LogP contribution in [0.25, 0.3) is 22.7 Å². The maximum absolute atomic E-state index is 14.4. The quantitative estimate of drug-likeness (QED) is 0.400. The molecule has 1 aromatic heterocycles. The summed E-state index contributed by atoms with van der Waals surface area (Å²) in [5, 5.41) is 8.70. The molecule has 1 amide bonds. The highest BCUT2D eigenvalue weighted by atomic mass is 19.1. The normalized spacial score (nSPS) is 11.4. The Labute approximate surface area is 165 Å². The lowest BCUT2D eigenvalue weighted by Crippen LogP contribution is -2.25. The fraction of sp³-hybridized carbons (Fsp3) is 0.190. The summed E-state index contributed by atoms with van der Waals surface area (Å²) in [6, 6.07) is 5.10. The van der Waals surface area contributed by atoms with Crippen molar-refractivity contribution in [3.8, 4) is 5.69 Å². The summed E-state index contributed by atoms with van der Waals surface area (Å²) in [7, 11) is 0. The summed E-state index contributed by atoms with van der Waals surface area (Å²) < 4.78 is 29.6. The summed E-state index contributed by atoms with van der Waals surface area (Å²) in [4.78, 5) is 28.9. The number of nitrogens with one attached hydrogen (secondary N) is 1. The number of rotatable bonds is 4. The van der Waals surface area contributed by atoms with Crippen molar-refractivity contribution in [3.05, 3.63) is 74.8 Å². The lowest BCUT2D eigenvalue weighted by Gasteiger charge is -2.17. The molecule has 0 bridgehead atoms. The molecular weight excluding hydrogens is 380 g/mol. The molecule has 0 saturated heterocycles. The highest BCUT2D eigenvalue weighted by Gasteiger charge is 2.17. The molecule has 2 aromatic carbocycles. The average molecular weight is 399 g/mol.